The summed E-state index contributed by atoms with van der Waals surface area (Å²) in [6.07, 6.45) is 0. The van der Waals surface area contributed by atoms with Gasteiger partial charge in [-0.25, -0.2) is 4.99 Å². The first kappa shape index (κ1) is 12.9. The molecule has 0 bridgehead atoms. The average Bonchev–Trinajstić information content (AvgIpc) is 2.70. The maximum Gasteiger partial charge on any atom is 0.275 e. The van der Waals surface area contributed by atoms with Crippen molar-refractivity contribution in [2.24, 2.45) is 4.99 Å². The van der Waals surface area contributed by atoms with E-state index in [1.165, 1.54) is 0 Å². The number of hydrogen-bond acceptors (Lipinski definition) is 2. The van der Waals surface area contributed by atoms with Crippen LogP contribution in [0.5, 0.6) is 0 Å². The molecule has 0 atom stereocenters. The van der Waals surface area contributed by atoms with E-state index in [1.807, 2.05) is 32.0 Å². The minimum atomic E-state index is -0.192. The molecule has 0 aliphatic carbocycles. The lowest BCUT2D eigenvalue weighted by Gasteiger charge is -2.03. The SMILES string of the molecule is Cc1ccc(C)c(N=C2C(=O)Nc3ccc(Cl)cc32)c1. The third-order valence-electron chi connectivity index (χ3n) is 3.30. The predicted octanol–water partition coefficient (Wildman–Crippen LogP) is 4.03. The lowest BCUT2D eigenvalue weighted by atomic mass is 10.1. The van der Waals surface area contributed by atoms with Crippen LogP contribution in [0.2, 0.25) is 5.02 Å². The van der Waals surface area contributed by atoms with Crippen LogP contribution in [-0.4, -0.2) is 11.6 Å². The van der Waals surface area contributed by atoms with E-state index in [2.05, 4.69) is 10.3 Å². The van der Waals surface area contributed by atoms with Crippen LogP contribution in [0.3, 0.4) is 0 Å². The van der Waals surface area contributed by atoms with Gasteiger partial charge in [0.15, 0.2) is 0 Å². The zero-order valence-corrected chi connectivity index (χ0v) is 12.0. The van der Waals surface area contributed by atoms with Gasteiger partial charge in [-0.1, -0.05) is 23.7 Å². The molecule has 0 unspecified atom stereocenters. The fraction of sp³-hybridized carbons (Fsp3) is 0.125. The van der Waals surface area contributed by atoms with E-state index in [-0.39, 0.29) is 5.91 Å². The molecule has 3 nitrogen and oxygen atoms in total. The van der Waals surface area contributed by atoms with Crippen LogP contribution in [0, 0.1) is 13.8 Å². The van der Waals surface area contributed by atoms with E-state index in [0.717, 1.165) is 28.1 Å². The Morgan fingerprint density at radius 3 is 2.70 bits per heavy atom. The van der Waals surface area contributed by atoms with Gasteiger partial charge < -0.3 is 5.32 Å². The summed E-state index contributed by atoms with van der Waals surface area (Å²) in [5.41, 5.74) is 4.87. The lowest BCUT2D eigenvalue weighted by molar-refractivity contribution is -0.110. The summed E-state index contributed by atoms with van der Waals surface area (Å²) in [5, 5.41) is 3.39. The molecule has 4 heteroatoms. The van der Waals surface area contributed by atoms with Gasteiger partial charge in [0.2, 0.25) is 0 Å². The Labute approximate surface area is 122 Å². The zero-order chi connectivity index (χ0) is 14.3. The number of halogens is 1. The number of aliphatic imine (C=N–C) groups is 1. The summed E-state index contributed by atoms with van der Waals surface area (Å²) in [6, 6.07) is 11.3. The number of nitrogens with zero attached hydrogens (tertiary/aromatic N) is 1. The summed E-state index contributed by atoms with van der Waals surface area (Å²) in [5.74, 6) is -0.192. The van der Waals surface area contributed by atoms with Gasteiger partial charge in [-0.15, -0.1) is 0 Å². The van der Waals surface area contributed by atoms with Crippen LogP contribution < -0.4 is 5.32 Å². The second-order valence-corrected chi connectivity index (χ2v) is 5.33. The quantitative estimate of drug-likeness (QED) is 0.844. The Kier molecular flexibility index (Phi) is 3.07. The van der Waals surface area contributed by atoms with Gasteiger partial charge in [0.1, 0.15) is 5.71 Å². The highest BCUT2D eigenvalue weighted by molar-refractivity contribution is 6.54. The van der Waals surface area contributed by atoms with Crippen molar-refractivity contribution in [3.8, 4) is 0 Å². The van der Waals surface area contributed by atoms with E-state index >= 15 is 0 Å². The van der Waals surface area contributed by atoms with Crippen molar-refractivity contribution < 1.29 is 4.79 Å². The fourth-order valence-corrected chi connectivity index (χ4v) is 2.37. The largest absolute Gasteiger partial charge is 0.320 e. The standard InChI is InChI=1S/C16H13ClN2O/c1-9-3-4-10(2)14(7-9)18-15-12-8-11(17)5-6-13(12)19-16(15)20/h3-8H,1-2H3,(H,18,19,20). The fourth-order valence-electron chi connectivity index (χ4n) is 2.20. The van der Waals surface area contributed by atoms with Gasteiger partial charge in [-0.3, -0.25) is 4.79 Å². The number of benzene rings is 2. The summed E-state index contributed by atoms with van der Waals surface area (Å²) in [7, 11) is 0. The second kappa shape index (κ2) is 4.76. The normalized spacial score (nSPS) is 15.3. The summed E-state index contributed by atoms with van der Waals surface area (Å²) < 4.78 is 0. The zero-order valence-electron chi connectivity index (χ0n) is 11.2. The Morgan fingerprint density at radius 1 is 1.10 bits per heavy atom. The first-order valence-corrected chi connectivity index (χ1v) is 6.69. The molecule has 0 fully saturated rings. The molecule has 2 aromatic rings. The highest BCUT2D eigenvalue weighted by atomic mass is 35.5. The number of hydrogen-bond donors (Lipinski definition) is 1. The number of fused-ring (bicyclic) bond motifs is 1. The number of anilines is 1. The maximum atomic E-state index is 12.1. The Bertz CT molecular complexity index is 750. The van der Waals surface area contributed by atoms with Crippen LogP contribution >= 0.6 is 11.6 Å². The molecule has 1 aliphatic rings. The van der Waals surface area contributed by atoms with Gasteiger partial charge in [-0.2, -0.15) is 0 Å². The molecule has 1 aliphatic heterocycles. The lowest BCUT2D eigenvalue weighted by Crippen LogP contribution is -2.14. The average molecular weight is 285 g/mol. The van der Waals surface area contributed by atoms with E-state index in [1.54, 1.807) is 18.2 Å². The van der Waals surface area contributed by atoms with Crippen molar-refractivity contribution in [2.45, 2.75) is 13.8 Å². The molecule has 0 saturated heterocycles. The molecule has 1 N–H and O–H groups in total. The summed E-state index contributed by atoms with van der Waals surface area (Å²) in [6.45, 7) is 3.98. The van der Waals surface area contributed by atoms with Crippen LogP contribution in [-0.2, 0) is 4.79 Å². The maximum absolute atomic E-state index is 12.1. The molecule has 100 valence electrons. The number of nitrogens with one attached hydrogen (secondary N) is 1. The first-order valence-electron chi connectivity index (χ1n) is 6.32. The summed E-state index contributed by atoms with van der Waals surface area (Å²) in [4.78, 5) is 16.6. The molecular weight excluding hydrogens is 272 g/mol. The minimum absolute atomic E-state index is 0.192. The van der Waals surface area contributed by atoms with E-state index in [9.17, 15) is 4.79 Å². The minimum Gasteiger partial charge on any atom is -0.320 e. The molecular formula is C16H13ClN2O. The van der Waals surface area contributed by atoms with Crippen molar-refractivity contribution in [2.75, 3.05) is 5.32 Å². The van der Waals surface area contributed by atoms with Crippen LogP contribution in [0.25, 0.3) is 0 Å². The second-order valence-electron chi connectivity index (χ2n) is 4.89. The molecule has 0 spiro atoms. The van der Waals surface area contributed by atoms with Crippen molar-refractivity contribution in [3.63, 3.8) is 0 Å². The van der Waals surface area contributed by atoms with Gasteiger partial charge in [0.25, 0.3) is 5.91 Å². The molecule has 3 rings (SSSR count). The van der Waals surface area contributed by atoms with E-state index in [4.69, 9.17) is 11.6 Å². The molecule has 1 amide bonds. The topological polar surface area (TPSA) is 41.5 Å². The molecule has 20 heavy (non-hydrogen) atoms. The van der Waals surface area contributed by atoms with E-state index < -0.39 is 0 Å². The smallest absolute Gasteiger partial charge is 0.275 e. The highest BCUT2D eigenvalue weighted by Crippen LogP contribution is 2.29. The predicted molar refractivity (Wildman–Crippen MR) is 82.2 cm³/mol. The molecule has 0 aromatic heterocycles. The van der Waals surface area contributed by atoms with Gasteiger partial charge in [-0.05, 0) is 49.2 Å². The number of carbonyl (C=O) groups is 1. The van der Waals surface area contributed by atoms with Crippen molar-refractivity contribution in [1.29, 1.82) is 0 Å². The number of aryl methyl sites for hydroxylation is 2. The number of rotatable bonds is 1. The van der Waals surface area contributed by atoms with Crippen LogP contribution in [0.1, 0.15) is 16.7 Å². The Morgan fingerprint density at radius 2 is 1.90 bits per heavy atom. The molecule has 0 saturated carbocycles. The van der Waals surface area contributed by atoms with Crippen molar-refractivity contribution in [1.82, 2.24) is 0 Å². The number of amides is 1. The number of carbonyl (C=O) groups excluding carboxylic acids is 1. The molecule has 0 radical (unpaired) electrons. The van der Waals surface area contributed by atoms with Crippen molar-refractivity contribution in [3.05, 3.63) is 58.1 Å². The van der Waals surface area contributed by atoms with Crippen molar-refractivity contribution >= 4 is 34.6 Å². The third kappa shape index (κ3) is 2.21. The third-order valence-corrected chi connectivity index (χ3v) is 3.53. The van der Waals surface area contributed by atoms with Gasteiger partial charge in [0.05, 0.1) is 11.4 Å². The Balaban J connectivity index is 2.15. The highest BCUT2D eigenvalue weighted by Gasteiger charge is 2.26. The monoisotopic (exact) mass is 284 g/mol. The van der Waals surface area contributed by atoms with E-state index in [0.29, 0.717) is 10.7 Å². The molecule has 2 aromatic carbocycles. The Hall–Kier alpha value is -2.13. The van der Waals surface area contributed by atoms with Crippen LogP contribution in [0.4, 0.5) is 11.4 Å². The van der Waals surface area contributed by atoms with Gasteiger partial charge >= 0.3 is 0 Å². The van der Waals surface area contributed by atoms with Gasteiger partial charge in [0, 0.05) is 10.6 Å². The first-order chi connectivity index (χ1) is 9.54. The molecule has 1 heterocycles. The van der Waals surface area contributed by atoms with Crippen LogP contribution in [0.15, 0.2) is 41.4 Å². The summed E-state index contributed by atoms with van der Waals surface area (Å²) >= 11 is 6.00.